The number of halogens is 1. The van der Waals surface area contributed by atoms with Gasteiger partial charge in [0.15, 0.2) is 5.13 Å². The second kappa shape index (κ2) is 10.8. The van der Waals surface area contributed by atoms with Crippen LogP contribution in [0.5, 0.6) is 5.75 Å². The lowest BCUT2D eigenvalue weighted by Gasteiger charge is -2.11. The van der Waals surface area contributed by atoms with Gasteiger partial charge in [0.1, 0.15) is 5.75 Å². The number of carbonyl (C=O) groups is 1. The molecule has 1 heterocycles. The molecular weight excluding hydrogens is 538 g/mol. The molecule has 1 amide bonds. The molecule has 0 saturated heterocycles. The van der Waals surface area contributed by atoms with Crippen molar-refractivity contribution in [2.75, 3.05) is 16.6 Å². The molecule has 4 rings (SSSR count). The Bertz CT molecular complexity index is 1360. The van der Waals surface area contributed by atoms with E-state index in [1.165, 1.54) is 47.4 Å². The normalized spacial score (nSPS) is 11.1. The van der Waals surface area contributed by atoms with Gasteiger partial charge in [-0.15, -0.1) is 11.3 Å². The highest BCUT2D eigenvalue weighted by atomic mass is 79.9. The first kappa shape index (κ1) is 23.9. The molecule has 7 nitrogen and oxygen atoms in total. The van der Waals surface area contributed by atoms with Crippen LogP contribution in [0, 0.1) is 0 Å². The number of carbonyl (C=O) groups excluding carboxylic acids is 1. The van der Waals surface area contributed by atoms with Crippen LogP contribution in [0.4, 0.5) is 10.8 Å². The zero-order valence-electron chi connectivity index (χ0n) is 17.8. The van der Waals surface area contributed by atoms with Crippen molar-refractivity contribution in [1.82, 2.24) is 4.98 Å². The number of hydrogen-bond donors (Lipinski definition) is 2. The number of amides is 1. The summed E-state index contributed by atoms with van der Waals surface area (Å²) in [6, 6.07) is 21.1. The van der Waals surface area contributed by atoms with Crippen molar-refractivity contribution in [2.45, 2.75) is 11.3 Å². The van der Waals surface area contributed by atoms with E-state index in [1.54, 1.807) is 23.6 Å². The molecule has 0 unspecified atom stereocenters. The molecule has 0 aliphatic carbocycles. The maximum atomic E-state index is 12.7. The Balaban J connectivity index is 1.35. The number of hydrogen-bond acceptors (Lipinski definition) is 6. The third kappa shape index (κ3) is 6.22. The first-order chi connectivity index (χ1) is 16.4. The molecule has 1 aromatic heterocycles. The average molecular weight is 558 g/mol. The zero-order valence-corrected chi connectivity index (χ0v) is 21.0. The van der Waals surface area contributed by atoms with Gasteiger partial charge in [-0.2, -0.15) is 0 Å². The van der Waals surface area contributed by atoms with Crippen molar-refractivity contribution in [3.63, 3.8) is 0 Å². The lowest BCUT2D eigenvalue weighted by atomic mass is 10.1. The van der Waals surface area contributed by atoms with E-state index < -0.39 is 10.0 Å². The topological polar surface area (TPSA) is 97.4 Å². The number of anilines is 2. The highest BCUT2D eigenvalue weighted by Crippen LogP contribution is 2.27. The van der Waals surface area contributed by atoms with Gasteiger partial charge in [0.25, 0.3) is 15.9 Å². The van der Waals surface area contributed by atoms with Crippen LogP contribution in [-0.2, 0) is 16.4 Å². The van der Waals surface area contributed by atoms with Gasteiger partial charge in [0.2, 0.25) is 0 Å². The van der Waals surface area contributed by atoms with Crippen molar-refractivity contribution in [1.29, 1.82) is 0 Å². The number of nitrogens with zero attached hydrogens (tertiary/aromatic N) is 1. The Morgan fingerprint density at radius 1 is 1.03 bits per heavy atom. The SMILES string of the molecule is O=C(Nc1ccc(S(=O)(=O)Nc2nccs2)cc1)c1ccc(OCCc2ccccc2)c(Br)c1. The van der Waals surface area contributed by atoms with Gasteiger partial charge < -0.3 is 10.1 Å². The number of nitrogens with one attached hydrogen (secondary N) is 2. The summed E-state index contributed by atoms with van der Waals surface area (Å²) >= 11 is 4.65. The maximum absolute atomic E-state index is 12.7. The molecule has 0 spiro atoms. The summed E-state index contributed by atoms with van der Waals surface area (Å²) in [5, 5.41) is 4.73. The van der Waals surface area contributed by atoms with Crippen LogP contribution in [0.3, 0.4) is 0 Å². The third-order valence-electron chi connectivity index (χ3n) is 4.76. The van der Waals surface area contributed by atoms with Crippen LogP contribution >= 0.6 is 27.3 Å². The molecule has 10 heteroatoms. The van der Waals surface area contributed by atoms with E-state index in [4.69, 9.17) is 4.74 Å². The van der Waals surface area contributed by atoms with E-state index in [-0.39, 0.29) is 15.9 Å². The number of benzene rings is 3. The Hall–Kier alpha value is -3.21. The van der Waals surface area contributed by atoms with Gasteiger partial charge in [-0.1, -0.05) is 30.3 Å². The summed E-state index contributed by atoms with van der Waals surface area (Å²) < 4.78 is 33.8. The summed E-state index contributed by atoms with van der Waals surface area (Å²) in [6.07, 6.45) is 2.30. The largest absolute Gasteiger partial charge is 0.492 e. The van der Waals surface area contributed by atoms with Gasteiger partial charge >= 0.3 is 0 Å². The van der Waals surface area contributed by atoms with Gasteiger partial charge in [0, 0.05) is 29.2 Å². The van der Waals surface area contributed by atoms with Crippen molar-refractivity contribution >= 4 is 54.0 Å². The maximum Gasteiger partial charge on any atom is 0.263 e. The number of aromatic nitrogens is 1. The summed E-state index contributed by atoms with van der Waals surface area (Å²) in [5.74, 6) is 0.322. The van der Waals surface area contributed by atoms with E-state index in [9.17, 15) is 13.2 Å². The molecule has 4 aromatic rings. The third-order valence-corrected chi connectivity index (χ3v) is 7.55. The summed E-state index contributed by atoms with van der Waals surface area (Å²) in [5.41, 5.74) is 2.09. The van der Waals surface area contributed by atoms with E-state index in [0.717, 1.165) is 6.42 Å². The predicted molar refractivity (Wildman–Crippen MR) is 137 cm³/mol. The van der Waals surface area contributed by atoms with Crippen LogP contribution in [0.2, 0.25) is 0 Å². The van der Waals surface area contributed by atoms with Crippen molar-refractivity contribution in [3.8, 4) is 5.75 Å². The molecule has 174 valence electrons. The second-order valence-electron chi connectivity index (χ2n) is 7.15. The van der Waals surface area contributed by atoms with Gasteiger partial charge in [-0.3, -0.25) is 9.52 Å². The molecule has 2 N–H and O–H groups in total. The fraction of sp³-hybridized carbons (Fsp3) is 0.0833. The predicted octanol–water partition coefficient (Wildman–Crippen LogP) is 5.58. The van der Waals surface area contributed by atoms with Crippen molar-refractivity contribution in [2.24, 2.45) is 0 Å². The van der Waals surface area contributed by atoms with Crippen LogP contribution < -0.4 is 14.8 Å². The molecule has 0 aliphatic rings. The second-order valence-corrected chi connectivity index (χ2v) is 10.6. The number of rotatable bonds is 9. The molecule has 0 fully saturated rings. The monoisotopic (exact) mass is 557 g/mol. The molecule has 0 bridgehead atoms. The Kier molecular flexibility index (Phi) is 7.61. The standard InChI is InChI=1S/C24H20BrN3O4S2/c25-21-16-18(6-11-22(21)32-14-12-17-4-2-1-3-5-17)23(29)27-19-7-9-20(10-8-19)34(30,31)28-24-26-13-15-33-24/h1-11,13,15-16H,12,14H2,(H,26,28)(H,27,29). The first-order valence-corrected chi connectivity index (χ1v) is 13.4. The first-order valence-electron chi connectivity index (χ1n) is 10.2. The van der Waals surface area contributed by atoms with Crippen LogP contribution in [0.25, 0.3) is 0 Å². The molecule has 3 aromatic carbocycles. The zero-order chi connectivity index (χ0) is 24.0. The lowest BCUT2D eigenvalue weighted by Crippen LogP contribution is -2.14. The quantitative estimate of drug-likeness (QED) is 0.280. The van der Waals surface area contributed by atoms with Gasteiger partial charge in [-0.25, -0.2) is 13.4 Å². The Morgan fingerprint density at radius 3 is 2.47 bits per heavy atom. The fourth-order valence-corrected chi connectivity index (χ4v) is 5.33. The minimum Gasteiger partial charge on any atom is -0.492 e. The molecular formula is C24H20BrN3O4S2. The van der Waals surface area contributed by atoms with Crippen LogP contribution in [-0.4, -0.2) is 25.9 Å². The van der Waals surface area contributed by atoms with Gasteiger partial charge in [0.05, 0.1) is 16.0 Å². The minimum atomic E-state index is -3.75. The van der Waals surface area contributed by atoms with E-state index >= 15 is 0 Å². The van der Waals surface area contributed by atoms with Crippen LogP contribution in [0.1, 0.15) is 15.9 Å². The van der Waals surface area contributed by atoms with E-state index in [1.807, 2.05) is 30.3 Å². The van der Waals surface area contributed by atoms with Crippen molar-refractivity contribution in [3.05, 3.63) is 100.0 Å². The minimum absolute atomic E-state index is 0.0699. The summed E-state index contributed by atoms with van der Waals surface area (Å²) in [7, 11) is -3.75. The fourth-order valence-electron chi connectivity index (χ4n) is 3.05. The average Bonchev–Trinajstić information content (AvgIpc) is 3.33. The highest BCUT2D eigenvalue weighted by Gasteiger charge is 2.16. The van der Waals surface area contributed by atoms with Gasteiger partial charge in [-0.05, 0) is 64.0 Å². The van der Waals surface area contributed by atoms with Crippen LogP contribution in [0.15, 0.2) is 93.7 Å². The van der Waals surface area contributed by atoms with E-state index in [2.05, 4.69) is 31.0 Å². The highest BCUT2D eigenvalue weighted by molar-refractivity contribution is 9.10. The summed E-state index contributed by atoms with van der Waals surface area (Å²) in [6.45, 7) is 0.515. The molecule has 0 aliphatic heterocycles. The number of thiazole rings is 1. The Labute approximate surface area is 210 Å². The molecule has 0 saturated carbocycles. The molecule has 0 atom stereocenters. The lowest BCUT2D eigenvalue weighted by molar-refractivity contribution is 0.102. The number of sulfonamides is 1. The molecule has 0 radical (unpaired) electrons. The summed E-state index contributed by atoms with van der Waals surface area (Å²) in [4.78, 5) is 16.6. The Morgan fingerprint density at radius 2 is 1.79 bits per heavy atom. The number of ether oxygens (including phenoxy) is 1. The van der Waals surface area contributed by atoms with Crippen molar-refractivity contribution < 1.29 is 17.9 Å². The van der Waals surface area contributed by atoms with E-state index in [0.29, 0.717) is 28.1 Å². The molecule has 34 heavy (non-hydrogen) atoms. The smallest absolute Gasteiger partial charge is 0.263 e.